The maximum Gasteiger partial charge on any atom is 0.308 e. The van der Waals surface area contributed by atoms with Gasteiger partial charge >= 0.3 is 5.97 Å². The van der Waals surface area contributed by atoms with Crippen LogP contribution < -0.4 is 0 Å². The maximum atomic E-state index is 12.8. The van der Waals surface area contributed by atoms with Gasteiger partial charge in [0, 0.05) is 21.8 Å². The topological polar surface area (TPSA) is 80.8 Å². The van der Waals surface area contributed by atoms with Crippen LogP contribution in [0, 0.1) is 37.5 Å². The number of benzene rings is 1. The molecule has 8 heteroatoms. The first-order valence-corrected chi connectivity index (χ1v) is 11.9. The summed E-state index contributed by atoms with van der Waals surface area (Å²) in [5, 5.41) is 0. The molecule has 1 aromatic rings. The predicted molar refractivity (Wildman–Crippen MR) is 117 cm³/mol. The SMILES string of the molecule is Cc1ccc(C(=O)COC(=O)CCN2C(=O)[C@@H]3[C@H]4C[C@@H]([C@H](Br)[C@@H]4Br)[C@@H]3C2=O)cc1C. The molecule has 6 atom stereocenters. The Balaban J connectivity index is 1.30. The smallest absolute Gasteiger partial charge is 0.308 e. The third-order valence-electron chi connectivity index (χ3n) is 6.81. The number of imide groups is 1. The van der Waals surface area contributed by atoms with Gasteiger partial charge in [-0.25, -0.2) is 0 Å². The molecule has 1 heterocycles. The van der Waals surface area contributed by atoms with Crippen LogP contribution in [0.3, 0.4) is 0 Å². The van der Waals surface area contributed by atoms with Crippen LogP contribution in [-0.2, 0) is 19.1 Å². The summed E-state index contributed by atoms with van der Waals surface area (Å²) in [5.74, 6) is -1.52. The van der Waals surface area contributed by atoms with Gasteiger partial charge in [0.1, 0.15) is 0 Å². The molecular formula is C22H23Br2NO5. The van der Waals surface area contributed by atoms with Crippen molar-refractivity contribution >= 4 is 55.4 Å². The van der Waals surface area contributed by atoms with E-state index in [1.54, 1.807) is 12.1 Å². The number of carbonyl (C=O) groups excluding carboxylic acids is 4. The number of ketones is 1. The van der Waals surface area contributed by atoms with Crippen LogP contribution >= 0.6 is 31.9 Å². The van der Waals surface area contributed by atoms with Crippen LogP contribution in [0.2, 0.25) is 0 Å². The third-order valence-corrected chi connectivity index (χ3v) is 10.0. The quantitative estimate of drug-likeness (QED) is 0.239. The number of carbonyl (C=O) groups is 4. The Kier molecular flexibility index (Phi) is 5.92. The molecule has 0 radical (unpaired) electrons. The Morgan fingerprint density at radius 2 is 1.63 bits per heavy atom. The van der Waals surface area contributed by atoms with Crippen molar-refractivity contribution in [3.05, 3.63) is 34.9 Å². The van der Waals surface area contributed by atoms with Gasteiger partial charge in [-0.1, -0.05) is 44.0 Å². The van der Waals surface area contributed by atoms with E-state index in [9.17, 15) is 19.2 Å². The molecular weight excluding hydrogens is 518 g/mol. The number of esters is 1. The molecule has 6 nitrogen and oxygen atoms in total. The van der Waals surface area contributed by atoms with Gasteiger partial charge in [-0.05, 0) is 49.3 Å². The van der Waals surface area contributed by atoms with Gasteiger partial charge in [-0.3, -0.25) is 24.1 Å². The second-order valence-electron chi connectivity index (χ2n) is 8.46. The minimum Gasteiger partial charge on any atom is -0.457 e. The molecule has 30 heavy (non-hydrogen) atoms. The van der Waals surface area contributed by atoms with Crippen molar-refractivity contribution < 1.29 is 23.9 Å². The zero-order valence-electron chi connectivity index (χ0n) is 16.8. The number of fused-ring (bicyclic) bond motifs is 5. The Bertz CT molecular complexity index is 900. The lowest BCUT2D eigenvalue weighted by molar-refractivity contribution is -0.145. The molecule has 1 aliphatic heterocycles. The fraction of sp³-hybridized carbons (Fsp3) is 0.545. The number of hydrogen-bond donors (Lipinski definition) is 0. The van der Waals surface area contributed by atoms with Gasteiger partial charge in [0.25, 0.3) is 0 Å². The summed E-state index contributed by atoms with van der Waals surface area (Å²) >= 11 is 7.31. The molecule has 0 unspecified atom stereocenters. The zero-order valence-corrected chi connectivity index (χ0v) is 19.9. The van der Waals surface area contributed by atoms with E-state index in [1.807, 2.05) is 19.9 Å². The lowest BCUT2D eigenvalue weighted by Crippen LogP contribution is -2.37. The largest absolute Gasteiger partial charge is 0.457 e. The van der Waals surface area contributed by atoms with E-state index in [-0.39, 0.29) is 70.5 Å². The standard InChI is InChI=1S/C22H23Br2NO5/c1-10-3-4-12(7-11(10)2)15(26)9-30-16(27)5-6-25-21(28)17-13-8-14(18(17)22(25)29)20(24)19(13)23/h3-4,7,13-14,17-20H,5-6,8-9H2,1-2H3/t13-,14-,17-,18+,19-,20+/m1/s1. The van der Waals surface area contributed by atoms with E-state index < -0.39 is 5.97 Å². The van der Waals surface area contributed by atoms with E-state index >= 15 is 0 Å². The molecule has 160 valence electrons. The number of hydrogen-bond acceptors (Lipinski definition) is 5. The first-order valence-electron chi connectivity index (χ1n) is 10.1. The Morgan fingerprint density at radius 1 is 1.03 bits per heavy atom. The first-order chi connectivity index (χ1) is 14.2. The molecule has 2 saturated carbocycles. The summed E-state index contributed by atoms with van der Waals surface area (Å²) < 4.78 is 5.09. The number of rotatable bonds is 6. The van der Waals surface area contributed by atoms with E-state index in [0.29, 0.717) is 5.56 Å². The number of alkyl halides is 2. The molecule has 2 aliphatic carbocycles. The van der Waals surface area contributed by atoms with Gasteiger partial charge in [0.05, 0.1) is 18.3 Å². The molecule has 0 spiro atoms. The molecule has 1 aromatic carbocycles. The highest BCUT2D eigenvalue weighted by Gasteiger charge is 2.66. The van der Waals surface area contributed by atoms with Crippen LogP contribution in [0.4, 0.5) is 0 Å². The van der Waals surface area contributed by atoms with Gasteiger partial charge in [0.15, 0.2) is 12.4 Å². The fourth-order valence-corrected chi connectivity index (χ4v) is 6.92. The van der Waals surface area contributed by atoms with E-state index in [0.717, 1.165) is 17.5 Å². The maximum absolute atomic E-state index is 12.8. The normalized spacial score (nSPS) is 31.9. The van der Waals surface area contributed by atoms with Crippen LogP contribution in [0.1, 0.15) is 34.3 Å². The molecule has 0 N–H and O–H groups in total. The summed E-state index contributed by atoms with van der Waals surface area (Å²) in [4.78, 5) is 51.6. The zero-order chi connectivity index (χ0) is 21.7. The highest BCUT2D eigenvalue weighted by molar-refractivity contribution is 9.12. The lowest BCUT2D eigenvalue weighted by Gasteiger charge is -2.28. The summed E-state index contributed by atoms with van der Waals surface area (Å²) in [7, 11) is 0. The molecule has 4 rings (SSSR count). The average Bonchev–Trinajstić information content (AvgIpc) is 3.32. The number of ether oxygens (including phenoxy) is 1. The molecule has 1 saturated heterocycles. The number of nitrogens with zero attached hydrogens (tertiary/aromatic N) is 1. The van der Waals surface area contributed by atoms with Crippen molar-refractivity contribution in [3.63, 3.8) is 0 Å². The Labute approximate surface area is 192 Å². The molecule has 2 bridgehead atoms. The second-order valence-corrected chi connectivity index (χ2v) is 10.6. The molecule has 2 amide bonds. The van der Waals surface area contributed by atoms with Gasteiger partial charge in [0.2, 0.25) is 11.8 Å². The monoisotopic (exact) mass is 539 g/mol. The second kappa shape index (κ2) is 8.19. The fourth-order valence-electron chi connectivity index (χ4n) is 5.05. The Hall–Kier alpha value is -1.54. The molecule has 3 aliphatic rings. The summed E-state index contributed by atoms with van der Waals surface area (Å²) in [6.07, 6.45) is 0.761. The van der Waals surface area contributed by atoms with Crippen LogP contribution in [-0.4, -0.2) is 51.3 Å². The van der Waals surface area contributed by atoms with Crippen LogP contribution in [0.5, 0.6) is 0 Å². The average molecular weight is 541 g/mol. The predicted octanol–water partition coefficient (Wildman–Crippen LogP) is 3.20. The highest BCUT2D eigenvalue weighted by atomic mass is 79.9. The summed E-state index contributed by atoms with van der Waals surface area (Å²) in [5.41, 5.74) is 2.57. The minimum absolute atomic E-state index is 0.000670. The number of aryl methyl sites for hydroxylation is 2. The van der Waals surface area contributed by atoms with Crippen molar-refractivity contribution in [1.82, 2.24) is 4.90 Å². The number of amides is 2. The van der Waals surface area contributed by atoms with Gasteiger partial charge in [-0.15, -0.1) is 0 Å². The number of likely N-dealkylation sites (tertiary alicyclic amines) is 1. The van der Waals surface area contributed by atoms with Crippen LogP contribution in [0.15, 0.2) is 18.2 Å². The van der Waals surface area contributed by atoms with Gasteiger partial charge < -0.3 is 4.74 Å². The highest BCUT2D eigenvalue weighted by Crippen LogP contribution is 2.60. The van der Waals surface area contributed by atoms with Crippen molar-refractivity contribution in [2.24, 2.45) is 23.7 Å². The first kappa shape index (κ1) is 21.7. The van der Waals surface area contributed by atoms with Crippen molar-refractivity contribution in [3.8, 4) is 0 Å². The van der Waals surface area contributed by atoms with E-state index in [1.165, 1.54) is 4.90 Å². The Morgan fingerprint density at radius 3 is 2.20 bits per heavy atom. The number of Topliss-reactive ketones (excluding diaryl/α,β-unsaturated/α-hetero) is 1. The molecule has 0 aromatic heterocycles. The van der Waals surface area contributed by atoms with Gasteiger partial charge in [-0.2, -0.15) is 0 Å². The van der Waals surface area contributed by atoms with E-state index in [2.05, 4.69) is 31.9 Å². The van der Waals surface area contributed by atoms with Crippen LogP contribution in [0.25, 0.3) is 0 Å². The van der Waals surface area contributed by atoms with E-state index in [4.69, 9.17) is 4.74 Å². The summed E-state index contributed by atoms with van der Waals surface area (Å²) in [6, 6.07) is 5.34. The third kappa shape index (κ3) is 3.55. The lowest BCUT2D eigenvalue weighted by atomic mass is 9.81. The van der Waals surface area contributed by atoms with Crippen molar-refractivity contribution in [2.75, 3.05) is 13.2 Å². The van der Waals surface area contributed by atoms with Crippen molar-refractivity contribution in [2.45, 2.75) is 36.3 Å². The minimum atomic E-state index is -0.593. The molecule has 3 fully saturated rings. The van der Waals surface area contributed by atoms with Crippen molar-refractivity contribution in [1.29, 1.82) is 0 Å². The summed E-state index contributed by atoms with van der Waals surface area (Å²) in [6.45, 7) is 3.52. The number of halogens is 2.